The number of rotatable bonds is 7. The zero-order valence-electron chi connectivity index (χ0n) is 18.9. The van der Waals surface area contributed by atoms with E-state index in [1.807, 2.05) is 6.07 Å². The molecule has 35 heavy (non-hydrogen) atoms. The lowest BCUT2D eigenvalue weighted by atomic mass is 10.1. The maximum atomic E-state index is 13.3. The van der Waals surface area contributed by atoms with Gasteiger partial charge in [-0.1, -0.05) is 12.1 Å². The Morgan fingerprint density at radius 1 is 1.00 bits per heavy atom. The first-order valence-corrected chi connectivity index (χ1v) is 10.4. The van der Waals surface area contributed by atoms with E-state index in [9.17, 15) is 14.9 Å². The van der Waals surface area contributed by atoms with Crippen molar-refractivity contribution in [3.05, 3.63) is 94.4 Å². The second-order valence-electron chi connectivity index (χ2n) is 7.20. The molecule has 2 aromatic carbocycles. The largest absolute Gasteiger partial charge is 0.497 e. The summed E-state index contributed by atoms with van der Waals surface area (Å²) in [4.78, 5) is 30.5. The number of nitrogens with one attached hydrogen (secondary N) is 1. The minimum atomic E-state index is -0.700. The Balaban J connectivity index is 1.76. The lowest BCUT2D eigenvalue weighted by Gasteiger charge is -2.11. The van der Waals surface area contributed by atoms with Gasteiger partial charge in [0, 0.05) is 18.0 Å². The third-order valence-corrected chi connectivity index (χ3v) is 4.99. The van der Waals surface area contributed by atoms with Gasteiger partial charge in [-0.2, -0.15) is 10.2 Å². The van der Waals surface area contributed by atoms with Gasteiger partial charge >= 0.3 is 0 Å². The number of hydrogen-bond acceptors (Lipinski definition) is 7. The fraction of sp³-hybridized carbons (Fsp3) is 0.0769. The van der Waals surface area contributed by atoms with Crippen molar-refractivity contribution in [1.29, 1.82) is 5.26 Å². The van der Waals surface area contributed by atoms with Gasteiger partial charge in [-0.25, -0.2) is 0 Å². The molecule has 9 heteroatoms. The average Bonchev–Trinajstić information content (AvgIpc) is 2.89. The molecule has 0 saturated heterocycles. The Morgan fingerprint density at radius 3 is 2.46 bits per heavy atom. The summed E-state index contributed by atoms with van der Waals surface area (Å²) < 4.78 is 17.5. The zero-order chi connectivity index (χ0) is 24.8. The molecule has 174 valence electrons. The lowest BCUT2D eigenvalue weighted by Crippen LogP contribution is -2.20. The van der Waals surface area contributed by atoms with Crippen LogP contribution >= 0.6 is 0 Å². The van der Waals surface area contributed by atoms with Crippen LogP contribution in [0.25, 0.3) is 11.7 Å². The zero-order valence-corrected chi connectivity index (χ0v) is 18.9. The fourth-order valence-corrected chi connectivity index (χ4v) is 3.23. The average molecular weight is 468 g/mol. The first-order chi connectivity index (χ1) is 17.0. The second-order valence-corrected chi connectivity index (χ2v) is 7.20. The molecular formula is C26H20N4O5. The number of carbonyl (C=O) groups is 1. The number of nitrogens with zero attached hydrogens (tertiary/aromatic N) is 3. The van der Waals surface area contributed by atoms with E-state index in [0.29, 0.717) is 28.6 Å². The van der Waals surface area contributed by atoms with Crippen molar-refractivity contribution in [3.8, 4) is 29.2 Å². The highest BCUT2D eigenvalue weighted by atomic mass is 16.5. The maximum absolute atomic E-state index is 13.3. The summed E-state index contributed by atoms with van der Waals surface area (Å²) >= 11 is 0. The first-order valence-electron chi connectivity index (χ1n) is 10.4. The Bertz CT molecular complexity index is 1520. The highest BCUT2D eigenvalue weighted by Gasteiger charge is 2.18. The van der Waals surface area contributed by atoms with Crippen molar-refractivity contribution in [2.45, 2.75) is 0 Å². The molecule has 9 nitrogen and oxygen atoms in total. The monoisotopic (exact) mass is 468 g/mol. The minimum absolute atomic E-state index is 0.0479. The van der Waals surface area contributed by atoms with Crippen LogP contribution < -0.4 is 25.1 Å². The number of methoxy groups -OCH3 is 2. The van der Waals surface area contributed by atoms with Crippen LogP contribution in [0.3, 0.4) is 0 Å². The van der Waals surface area contributed by atoms with Gasteiger partial charge in [0.05, 0.1) is 14.2 Å². The molecular weight excluding hydrogens is 448 g/mol. The molecule has 0 aliphatic rings. The second kappa shape index (κ2) is 10.2. The predicted molar refractivity (Wildman–Crippen MR) is 130 cm³/mol. The number of anilines is 1. The molecule has 0 fully saturated rings. The summed E-state index contributed by atoms with van der Waals surface area (Å²) in [5.74, 6) is 0.816. The Hall–Kier alpha value is -5.10. The number of nitriles is 1. The molecule has 0 aliphatic heterocycles. The number of benzene rings is 2. The summed E-state index contributed by atoms with van der Waals surface area (Å²) in [6.07, 6.45) is 2.71. The summed E-state index contributed by atoms with van der Waals surface area (Å²) in [7, 11) is 3.05. The highest BCUT2D eigenvalue weighted by Crippen LogP contribution is 2.26. The van der Waals surface area contributed by atoms with Gasteiger partial charge in [-0.15, -0.1) is 0 Å². The van der Waals surface area contributed by atoms with Gasteiger partial charge < -0.3 is 19.5 Å². The van der Waals surface area contributed by atoms with Gasteiger partial charge in [0.25, 0.3) is 11.5 Å². The molecule has 0 aliphatic carbocycles. The molecule has 2 aromatic heterocycles. The van der Waals surface area contributed by atoms with E-state index in [2.05, 4.69) is 10.3 Å². The summed E-state index contributed by atoms with van der Waals surface area (Å²) in [6.45, 7) is 0. The molecule has 0 spiro atoms. The van der Waals surface area contributed by atoms with Crippen LogP contribution in [0.15, 0.2) is 83.3 Å². The van der Waals surface area contributed by atoms with Crippen LogP contribution in [0, 0.1) is 11.3 Å². The van der Waals surface area contributed by atoms with E-state index in [4.69, 9.17) is 14.2 Å². The van der Waals surface area contributed by atoms with Crippen LogP contribution in [0.2, 0.25) is 0 Å². The van der Waals surface area contributed by atoms with Gasteiger partial charge in [0.15, 0.2) is 0 Å². The number of fused-ring (bicyclic) bond motifs is 1. The molecule has 0 radical (unpaired) electrons. The van der Waals surface area contributed by atoms with Crippen molar-refractivity contribution < 1.29 is 19.0 Å². The Kier molecular flexibility index (Phi) is 6.74. The van der Waals surface area contributed by atoms with Crippen LogP contribution in [0.1, 0.15) is 5.56 Å². The van der Waals surface area contributed by atoms with Crippen LogP contribution in [-0.4, -0.2) is 29.5 Å². The molecule has 2 heterocycles. The molecule has 0 bridgehead atoms. The van der Waals surface area contributed by atoms with Crippen LogP contribution in [0.5, 0.6) is 23.1 Å². The summed E-state index contributed by atoms with van der Waals surface area (Å²) in [5, 5.41) is 12.3. The summed E-state index contributed by atoms with van der Waals surface area (Å²) in [6, 6.07) is 20.3. The summed E-state index contributed by atoms with van der Waals surface area (Å²) in [5.41, 5.74) is -0.0823. The Morgan fingerprint density at radius 2 is 1.74 bits per heavy atom. The molecule has 4 aromatic rings. The van der Waals surface area contributed by atoms with Crippen molar-refractivity contribution >= 4 is 23.3 Å². The normalized spacial score (nSPS) is 10.9. The first kappa shape index (κ1) is 23.1. The van der Waals surface area contributed by atoms with Crippen molar-refractivity contribution in [1.82, 2.24) is 9.38 Å². The standard InChI is InChI=1S/C26H20N4O5/c1-33-19-9-11-20(12-10-19)35-25-22(26(32)30-13-4-3-8-23(30)29-25)14-17(16-27)24(31)28-18-6-5-7-21(15-18)34-2/h3-15H,1-2H3,(H,28,31)/b17-14-. The van der Waals surface area contributed by atoms with Crippen LogP contribution in [-0.2, 0) is 4.79 Å². The molecule has 4 rings (SSSR count). The maximum Gasteiger partial charge on any atom is 0.269 e. The topological polar surface area (TPSA) is 115 Å². The third kappa shape index (κ3) is 5.12. The molecule has 1 N–H and O–H groups in total. The number of carbonyl (C=O) groups excluding carboxylic acids is 1. The lowest BCUT2D eigenvalue weighted by molar-refractivity contribution is -0.112. The number of pyridine rings is 1. The molecule has 0 atom stereocenters. The van der Waals surface area contributed by atoms with E-state index in [1.54, 1.807) is 80.0 Å². The predicted octanol–water partition coefficient (Wildman–Crippen LogP) is 4.05. The van der Waals surface area contributed by atoms with E-state index in [-0.39, 0.29) is 17.0 Å². The van der Waals surface area contributed by atoms with Gasteiger partial charge in [-0.05, 0) is 54.6 Å². The molecule has 0 saturated carbocycles. The number of hydrogen-bond donors (Lipinski definition) is 1. The fourth-order valence-electron chi connectivity index (χ4n) is 3.23. The molecule has 0 unspecified atom stereocenters. The van der Waals surface area contributed by atoms with Gasteiger partial charge in [0.2, 0.25) is 5.88 Å². The van der Waals surface area contributed by atoms with Crippen molar-refractivity contribution in [2.24, 2.45) is 0 Å². The minimum Gasteiger partial charge on any atom is -0.497 e. The SMILES string of the molecule is COc1ccc(Oc2nc3ccccn3c(=O)c2/C=C(/C#N)C(=O)Nc2cccc(OC)c2)cc1. The van der Waals surface area contributed by atoms with Gasteiger partial charge in [-0.3, -0.25) is 14.0 Å². The quantitative estimate of drug-likeness (QED) is 0.321. The highest BCUT2D eigenvalue weighted by molar-refractivity contribution is 6.09. The number of ether oxygens (including phenoxy) is 3. The van der Waals surface area contributed by atoms with Crippen LogP contribution in [0.4, 0.5) is 5.69 Å². The number of aromatic nitrogens is 2. The smallest absolute Gasteiger partial charge is 0.269 e. The van der Waals surface area contributed by atoms with E-state index >= 15 is 0 Å². The van der Waals surface area contributed by atoms with E-state index in [1.165, 1.54) is 17.6 Å². The van der Waals surface area contributed by atoms with E-state index < -0.39 is 11.5 Å². The van der Waals surface area contributed by atoms with Crippen molar-refractivity contribution in [2.75, 3.05) is 19.5 Å². The number of amides is 1. The third-order valence-electron chi connectivity index (χ3n) is 4.99. The Labute approximate surface area is 200 Å². The van der Waals surface area contributed by atoms with Crippen molar-refractivity contribution in [3.63, 3.8) is 0 Å². The molecule has 1 amide bonds. The van der Waals surface area contributed by atoms with Gasteiger partial charge in [0.1, 0.15) is 40.1 Å². The van der Waals surface area contributed by atoms with E-state index in [0.717, 1.165) is 0 Å².